The first-order chi connectivity index (χ1) is 28.1. The number of aryl methyl sites for hydroxylation is 2. The number of nitrogens with zero attached hydrogens (tertiary/aromatic N) is 4. The van der Waals surface area contributed by atoms with Crippen LogP contribution in [0.2, 0.25) is 0 Å². The highest BCUT2D eigenvalue weighted by atomic mass is 16.5. The summed E-state index contributed by atoms with van der Waals surface area (Å²) in [7, 11) is 0. The molecule has 0 radical (unpaired) electrons. The van der Waals surface area contributed by atoms with Crippen molar-refractivity contribution in [3.63, 3.8) is 0 Å². The van der Waals surface area contributed by atoms with Crippen LogP contribution in [0.4, 0.5) is 0 Å². The number of fused-ring (bicyclic) bond motifs is 8. The Morgan fingerprint density at radius 1 is 0.768 bits per heavy atom. The van der Waals surface area contributed by atoms with Gasteiger partial charge in [-0.25, -0.2) is 9.97 Å². The van der Waals surface area contributed by atoms with Gasteiger partial charge in [-0.2, -0.15) is 0 Å². The fourth-order valence-electron chi connectivity index (χ4n) is 10.1. The van der Waals surface area contributed by atoms with Crippen LogP contribution in [0.5, 0.6) is 11.5 Å². The topological polar surface area (TPSA) is 44.3 Å². The molecular weight excluding hydrogens is 685 g/mol. The Morgan fingerprint density at radius 2 is 1.54 bits per heavy atom. The van der Waals surface area contributed by atoms with Gasteiger partial charge in [-0.3, -0.25) is 8.97 Å². The maximum absolute atomic E-state index is 8.77. The van der Waals surface area contributed by atoms with Crippen LogP contribution < -0.4 is 4.74 Å². The molecule has 0 fully saturated rings. The van der Waals surface area contributed by atoms with Crippen LogP contribution in [0.25, 0.3) is 66.2 Å². The zero-order valence-corrected chi connectivity index (χ0v) is 32.8. The van der Waals surface area contributed by atoms with E-state index >= 15 is 0 Å². The largest absolute Gasteiger partial charge is 0.457 e. The molecule has 0 saturated heterocycles. The van der Waals surface area contributed by atoms with E-state index in [2.05, 4.69) is 135 Å². The number of para-hydroxylation sites is 1. The van der Waals surface area contributed by atoms with E-state index in [0.29, 0.717) is 17.1 Å². The number of imidazole rings is 1. The number of ether oxygens (including phenoxy) is 1. The van der Waals surface area contributed by atoms with Gasteiger partial charge in [0, 0.05) is 54.3 Å². The summed E-state index contributed by atoms with van der Waals surface area (Å²) in [5.41, 5.74) is 10.6. The average Bonchev–Trinajstić information content (AvgIpc) is 3.76. The molecule has 0 saturated carbocycles. The molecule has 0 amide bonds. The second-order valence-corrected chi connectivity index (χ2v) is 17.8. The standard InChI is InChI=1S/C51H46N4O/c1-30-18-23-40-46-44(30)38-22-20-33(28-39(38)48-53-45-35-15-9-8-13-31(35)14-12-25-51(7,50(40,5)6)47(45)55(46)48)56-34-19-21-37-36-16-10-11-17-41(36)54(42(37)29-34)43-27-32(24-26-52-43)49(2,3)4/h8-11,13,15-24,26-29H,12,14,25H2,1-7H3/i1D3. The first-order valence-corrected chi connectivity index (χ1v) is 19.9. The fourth-order valence-corrected chi connectivity index (χ4v) is 10.1. The van der Waals surface area contributed by atoms with Gasteiger partial charge in [0.05, 0.1) is 27.9 Å². The molecule has 0 N–H and O–H groups in total. The molecule has 2 aliphatic rings. The van der Waals surface area contributed by atoms with Crippen LogP contribution in [0.15, 0.2) is 115 Å². The smallest absolute Gasteiger partial charge is 0.146 e. The lowest BCUT2D eigenvalue weighted by atomic mass is 9.56. The van der Waals surface area contributed by atoms with E-state index in [9.17, 15) is 0 Å². The third-order valence-corrected chi connectivity index (χ3v) is 13.5. The van der Waals surface area contributed by atoms with Crippen molar-refractivity contribution in [3.8, 4) is 28.6 Å². The van der Waals surface area contributed by atoms with E-state index in [1.165, 1.54) is 16.8 Å². The van der Waals surface area contributed by atoms with Crippen molar-refractivity contribution in [1.29, 1.82) is 0 Å². The maximum Gasteiger partial charge on any atom is 0.146 e. The summed E-state index contributed by atoms with van der Waals surface area (Å²) in [5.74, 6) is 2.20. The molecule has 11 rings (SSSR count). The Kier molecular flexibility index (Phi) is 6.12. The summed E-state index contributed by atoms with van der Waals surface area (Å²) >= 11 is 0. The Morgan fingerprint density at radius 3 is 2.38 bits per heavy atom. The van der Waals surface area contributed by atoms with E-state index in [0.717, 1.165) is 91.0 Å². The van der Waals surface area contributed by atoms with E-state index in [1.807, 2.05) is 30.5 Å². The summed E-state index contributed by atoms with van der Waals surface area (Å²) in [6.07, 6.45) is 4.90. The van der Waals surface area contributed by atoms with Gasteiger partial charge in [-0.15, -0.1) is 0 Å². The SMILES string of the molecule is [2H]C([2H])([2H])c1ccc2c3c1c1ccc(Oc4ccc5c6ccccc6n(-c6cc(C(C)(C)C)ccn6)c5c4)cc1c1nc4c(n13)C(C)(CCCc1ccccc1-4)C2(C)C. The lowest BCUT2D eigenvalue weighted by Gasteiger charge is -2.49. The van der Waals surface area contributed by atoms with Crippen molar-refractivity contribution in [2.75, 3.05) is 0 Å². The van der Waals surface area contributed by atoms with Crippen molar-refractivity contribution in [2.24, 2.45) is 0 Å². The maximum atomic E-state index is 8.77. The minimum absolute atomic E-state index is 0.0349. The molecule has 5 aromatic carbocycles. The Hall–Kier alpha value is -5.94. The molecule has 56 heavy (non-hydrogen) atoms. The van der Waals surface area contributed by atoms with Crippen LogP contribution in [0, 0.1) is 6.85 Å². The van der Waals surface area contributed by atoms with Gasteiger partial charge in [0.1, 0.15) is 23.0 Å². The van der Waals surface area contributed by atoms with Gasteiger partial charge in [-0.1, -0.05) is 96.1 Å². The number of aromatic nitrogens is 4. The molecule has 276 valence electrons. The highest BCUT2D eigenvalue weighted by molar-refractivity contribution is 6.15. The second kappa shape index (κ2) is 11.3. The highest BCUT2D eigenvalue weighted by Crippen LogP contribution is 2.57. The fraction of sp³-hybridized carbons (Fsp3) is 0.255. The minimum atomic E-state index is -2.32. The molecular formula is C51H46N4O. The van der Waals surface area contributed by atoms with Crippen molar-refractivity contribution in [1.82, 2.24) is 18.9 Å². The van der Waals surface area contributed by atoms with Crippen LogP contribution in [-0.4, -0.2) is 18.9 Å². The van der Waals surface area contributed by atoms with Gasteiger partial charge >= 0.3 is 0 Å². The third kappa shape index (κ3) is 4.43. The molecule has 1 aliphatic heterocycles. The number of pyridine rings is 2. The Balaban J connectivity index is 1.17. The first kappa shape index (κ1) is 30.3. The number of benzene rings is 5. The molecule has 1 atom stereocenters. The van der Waals surface area contributed by atoms with Crippen LogP contribution in [0.1, 0.15) is 86.4 Å². The van der Waals surface area contributed by atoms with Crippen LogP contribution >= 0.6 is 0 Å². The number of rotatable bonds is 3. The van der Waals surface area contributed by atoms with Crippen LogP contribution in [0.3, 0.4) is 0 Å². The average molecular weight is 734 g/mol. The molecule has 4 aromatic heterocycles. The monoisotopic (exact) mass is 733 g/mol. The third-order valence-electron chi connectivity index (χ3n) is 13.5. The summed E-state index contributed by atoms with van der Waals surface area (Å²) in [6, 6.07) is 37.7. The van der Waals surface area contributed by atoms with Gasteiger partial charge < -0.3 is 4.74 Å². The molecule has 5 nitrogen and oxygen atoms in total. The Bertz CT molecular complexity index is 3250. The lowest BCUT2D eigenvalue weighted by molar-refractivity contribution is 0.239. The highest BCUT2D eigenvalue weighted by Gasteiger charge is 2.51. The molecule has 0 bridgehead atoms. The lowest BCUT2D eigenvalue weighted by Crippen LogP contribution is -2.47. The molecule has 1 unspecified atom stereocenters. The minimum Gasteiger partial charge on any atom is -0.457 e. The zero-order chi connectivity index (χ0) is 40.8. The van der Waals surface area contributed by atoms with Gasteiger partial charge in [-0.05, 0) is 108 Å². The van der Waals surface area contributed by atoms with Crippen molar-refractivity contribution in [3.05, 3.63) is 143 Å². The quantitative estimate of drug-likeness (QED) is 0.170. The summed E-state index contributed by atoms with van der Waals surface area (Å²) in [5, 5.41) is 4.75. The number of hydrogen-bond acceptors (Lipinski definition) is 3. The summed E-state index contributed by atoms with van der Waals surface area (Å²) in [6.45, 7) is 11.4. The molecule has 5 heteroatoms. The summed E-state index contributed by atoms with van der Waals surface area (Å²) < 4.78 is 37.7. The molecule has 5 heterocycles. The second-order valence-electron chi connectivity index (χ2n) is 17.8. The van der Waals surface area contributed by atoms with Crippen molar-refractivity contribution >= 4 is 49.1 Å². The number of hydrogen-bond donors (Lipinski definition) is 0. The summed E-state index contributed by atoms with van der Waals surface area (Å²) in [4.78, 5) is 10.5. The van der Waals surface area contributed by atoms with Gasteiger partial charge in [0.25, 0.3) is 0 Å². The normalized spacial score (nSPS) is 18.6. The van der Waals surface area contributed by atoms with Crippen molar-refractivity contribution < 1.29 is 8.85 Å². The predicted octanol–water partition coefficient (Wildman–Crippen LogP) is 13.1. The van der Waals surface area contributed by atoms with E-state index in [-0.39, 0.29) is 16.2 Å². The van der Waals surface area contributed by atoms with Gasteiger partial charge in [0.2, 0.25) is 0 Å². The first-order valence-electron chi connectivity index (χ1n) is 21.4. The zero-order valence-electron chi connectivity index (χ0n) is 35.8. The van der Waals surface area contributed by atoms with E-state index in [4.69, 9.17) is 18.8 Å². The van der Waals surface area contributed by atoms with Gasteiger partial charge in [0.15, 0.2) is 0 Å². The van der Waals surface area contributed by atoms with E-state index < -0.39 is 6.85 Å². The van der Waals surface area contributed by atoms with Crippen molar-refractivity contribution in [2.45, 2.75) is 83.9 Å². The molecule has 9 aromatic rings. The molecule has 1 aliphatic carbocycles. The Labute approximate surface area is 331 Å². The molecule has 0 spiro atoms. The predicted molar refractivity (Wildman–Crippen MR) is 231 cm³/mol. The van der Waals surface area contributed by atoms with E-state index in [1.54, 1.807) is 0 Å². The van der Waals surface area contributed by atoms with Crippen LogP contribution in [-0.2, 0) is 22.7 Å².